The maximum Gasteiger partial charge on any atom is 0.0908 e. The van der Waals surface area contributed by atoms with Gasteiger partial charge in [0.15, 0.2) is 0 Å². The Morgan fingerprint density at radius 3 is 2.32 bits per heavy atom. The smallest absolute Gasteiger partial charge is 0.0908 e. The number of hydrogen-bond donors (Lipinski definition) is 1. The summed E-state index contributed by atoms with van der Waals surface area (Å²) in [6.07, 6.45) is 0.640. The zero-order chi connectivity index (χ0) is 14.0. The summed E-state index contributed by atoms with van der Waals surface area (Å²) in [5.41, 5.74) is 3.82. The van der Waals surface area contributed by atoms with Gasteiger partial charge in [0, 0.05) is 9.99 Å². The molecule has 1 unspecified atom stereocenters. The van der Waals surface area contributed by atoms with E-state index in [4.69, 9.17) is 0 Å². The van der Waals surface area contributed by atoms with Crippen molar-refractivity contribution in [3.05, 3.63) is 68.3 Å². The van der Waals surface area contributed by atoms with Crippen LogP contribution in [0.4, 0.5) is 0 Å². The van der Waals surface area contributed by atoms with Gasteiger partial charge in [0.25, 0.3) is 0 Å². The molecular formula is C17H19IO. The summed E-state index contributed by atoms with van der Waals surface area (Å²) in [5, 5.41) is 10.7. The van der Waals surface area contributed by atoms with E-state index in [2.05, 4.69) is 54.6 Å². The first-order valence-corrected chi connectivity index (χ1v) is 7.51. The number of benzene rings is 2. The number of aliphatic hydroxyl groups is 1. The third kappa shape index (κ3) is 3.57. The quantitative estimate of drug-likeness (QED) is 0.801. The van der Waals surface area contributed by atoms with Crippen LogP contribution < -0.4 is 0 Å². The molecule has 0 aliphatic rings. The summed E-state index contributed by atoms with van der Waals surface area (Å²) in [5.74, 6) is 0. The first-order chi connectivity index (χ1) is 8.88. The third-order valence-corrected chi connectivity index (χ3v) is 4.22. The molecule has 1 atom stereocenters. The van der Waals surface area contributed by atoms with Gasteiger partial charge >= 0.3 is 0 Å². The molecular weight excluding hydrogens is 347 g/mol. The highest BCUT2D eigenvalue weighted by atomic mass is 127. The maximum absolute atomic E-state index is 10.7. The maximum atomic E-state index is 10.7. The topological polar surface area (TPSA) is 20.2 Å². The van der Waals surface area contributed by atoms with E-state index >= 15 is 0 Å². The first kappa shape index (κ1) is 14.5. The standard InChI is InChI=1S/C17H19IO/c1-12-4-5-13(2)14(10-12)11-17(3,19)15-6-8-16(18)9-7-15/h4-10,19H,11H2,1-3H3. The molecule has 0 fully saturated rings. The zero-order valence-electron chi connectivity index (χ0n) is 11.6. The number of rotatable bonds is 3. The molecule has 0 aromatic heterocycles. The molecule has 19 heavy (non-hydrogen) atoms. The highest BCUT2D eigenvalue weighted by molar-refractivity contribution is 14.1. The molecule has 0 aliphatic heterocycles. The summed E-state index contributed by atoms with van der Waals surface area (Å²) in [7, 11) is 0. The fourth-order valence-corrected chi connectivity index (χ4v) is 2.63. The largest absolute Gasteiger partial charge is 0.385 e. The van der Waals surface area contributed by atoms with E-state index < -0.39 is 5.60 Å². The average molecular weight is 366 g/mol. The Morgan fingerprint density at radius 1 is 1.05 bits per heavy atom. The normalized spacial score (nSPS) is 14.2. The monoisotopic (exact) mass is 366 g/mol. The van der Waals surface area contributed by atoms with E-state index in [1.165, 1.54) is 20.3 Å². The lowest BCUT2D eigenvalue weighted by atomic mass is 9.87. The zero-order valence-corrected chi connectivity index (χ0v) is 13.7. The molecule has 2 heteroatoms. The molecule has 100 valence electrons. The van der Waals surface area contributed by atoms with Gasteiger partial charge in [-0.3, -0.25) is 0 Å². The second kappa shape index (κ2) is 5.63. The van der Waals surface area contributed by atoms with Crippen molar-refractivity contribution in [2.24, 2.45) is 0 Å². The van der Waals surface area contributed by atoms with Gasteiger partial charge in [-0.1, -0.05) is 35.9 Å². The predicted molar refractivity (Wildman–Crippen MR) is 88.3 cm³/mol. The van der Waals surface area contributed by atoms with Crippen molar-refractivity contribution in [1.82, 2.24) is 0 Å². The Bertz CT molecular complexity index is 570. The van der Waals surface area contributed by atoms with Crippen LogP contribution in [-0.2, 0) is 12.0 Å². The summed E-state index contributed by atoms with van der Waals surface area (Å²) in [6, 6.07) is 14.5. The average Bonchev–Trinajstić information content (AvgIpc) is 2.34. The predicted octanol–water partition coefficient (Wildman–Crippen LogP) is 4.36. The summed E-state index contributed by atoms with van der Waals surface area (Å²) in [6.45, 7) is 6.07. The highest BCUT2D eigenvalue weighted by Crippen LogP contribution is 2.27. The Hall–Kier alpha value is -0.870. The number of hydrogen-bond acceptors (Lipinski definition) is 1. The minimum Gasteiger partial charge on any atom is -0.385 e. The second-order valence-corrected chi connectivity index (χ2v) is 6.63. The van der Waals surface area contributed by atoms with Crippen molar-refractivity contribution in [3.63, 3.8) is 0 Å². The van der Waals surface area contributed by atoms with Gasteiger partial charge in [0.2, 0.25) is 0 Å². The van der Waals surface area contributed by atoms with Gasteiger partial charge in [-0.15, -0.1) is 0 Å². The van der Waals surface area contributed by atoms with Crippen molar-refractivity contribution in [2.45, 2.75) is 32.8 Å². The SMILES string of the molecule is Cc1ccc(C)c(CC(C)(O)c2ccc(I)cc2)c1. The van der Waals surface area contributed by atoms with E-state index in [1.54, 1.807) is 0 Å². The van der Waals surface area contributed by atoms with E-state index in [0.29, 0.717) is 6.42 Å². The third-order valence-electron chi connectivity index (χ3n) is 3.51. The van der Waals surface area contributed by atoms with Gasteiger partial charge in [-0.25, -0.2) is 0 Å². The van der Waals surface area contributed by atoms with Gasteiger partial charge in [-0.05, 0) is 72.2 Å². The molecule has 2 aromatic carbocycles. The Labute approximate surface area is 128 Å². The number of aryl methyl sites for hydroxylation is 2. The molecule has 1 N–H and O–H groups in total. The van der Waals surface area contributed by atoms with E-state index in [9.17, 15) is 5.11 Å². The lowest BCUT2D eigenvalue weighted by Gasteiger charge is -2.25. The molecule has 0 spiro atoms. The Kier molecular flexibility index (Phi) is 4.31. The number of halogens is 1. The molecule has 0 bridgehead atoms. The van der Waals surface area contributed by atoms with Crippen molar-refractivity contribution in [1.29, 1.82) is 0 Å². The molecule has 1 nitrogen and oxygen atoms in total. The van der Waals surface area contributed by atoms with Crippen LogP contribution in [-0.4, -0.2) is 5.11 Å². The van der Waals surface area contributed by atoms with Gasteiger partial charge < -0.3 is 5.11 Å². The molecule has 2 rings (SSSR count). The molecule has 0 saturated heterocycles. The summed E-state index contributed by atoms with van der Waals surface area (Å²) >= 11 is 2.28. The second-order valence-electron chi connectivity index (χ2n) is 5.39. The van der Waals surface area contributed by atoms with Crippen molar-refractivity contribution in [2.75, 3.05) is 0 Å². The molecule has 0 aliphatic carbocycles. The van der Waals surface area contributed by atoms with Crippen LogP contribution >= 0.6 is 22.6 Å². The Balaban J connectivity index is 2.30. The van der Waals surface area contributed by atoms with Crippen LogP contribution in [0.25, 0.3) is 0 Å². The lowest BCUT2D eigenvalue weighted by molar-refractivity contribution is 0.0574. The van der Waals surface area contributed by atoms with Gasteiger partial charge in [-0.2, -0.15) is 0 Å². The minimum absolute atomic E-state index is 0.640. The molecule has 2 aromatic rings. The first-order valence-electron chi connectivity index (χ1n) is 6.43. The summed E-state index contributed by atoms with van der Waals surface area (Å²) < 4.78 is 1.18. The summed E-state index contributed by atoms with van der Waals surface area (Å²) in [4.78, 5) is 0. The van der Waals surface area contributed by atoms with Crippen LogP contribution in [0.5, 0.6) is 0 Å². The Morgan fingerprint density at radius 2 is 1.68 bits per heavy atom. The molecule has 0 radical (unpaired) electrons. The van der Waals surface area contributed by atoms with Crippen molar-refractivity contribution < 1.29 is 5.11 Å². The lowest BCUT2D eigenvalue weighted by Crippen LogP contribution is -2.24. The van der Waals surface area contributed by atoms with E-state index in [1.807, 2.05) is 31.2 Å². The van der Waals surface area contributed by atoms with Crippen LogP contribution in [0.2, 0.25) is 0 Å². The van der Waals surface area contributed by atoms with Crippen LogP contribution in [0.3, 0.4) is 0 Å². The fourth-order valence-electron chi connectivity index (χ4n) is 2.27. The molecule has 0 saturated carbocycles. The van der Waals surface area contributed by atoms with Crippen molar-refractivity contribution in [3.8, 4) is 0 Å². The minimum atomic E-state index is -0.830. The van der Waals surface area contributed by atoms with E-state index in [-0.39, 0.29) is 0 Å². The van der Waals surface area contributed by atoms with E-state index in [0.717, 1.165) is 5.56 Å². The van der Waals surface area contributed by atoms with Crippen LogP contribution in [0, 0.1) is 17.4 Å². The van der Waals surface area contributed by atoms with Gasteiger partial charge in [0.05, 0.1) is 5.60 Å². The molecule has 0 heterocycles. The van der Waals surface area contributed by atoms with Crippen LogP contribution in [0.1, 0.15) is 29.2 Å². The van der Waals surface area contributed by atoms with Gasteiger partial charge in [0.1, 0.15) is 0 Å². The molecule has 0 amide bonds. The van der Waals surface area contributed by atoms with Crippen molar-refractivity contribution >= 4 is 22.6 Å². The fraction of sp³-hybridized carbons (Fsp3) is 0.294. The highest BCUT2D eigenvalue weighted by Gasteiger charge is 2.24. The van der Waals surface area contributed by atoms with Crippen LogP contribution in [0.15, 0.2) is 42.5 Å².